The zero-order valence-electron chi connectivity index (χ0n) is 8.14. The van der Waals surface area contributed by atoms with Crippen molar-refractivity contribution >= 4 is 5.78 Å². The smallest absolute Gasteiger partial charge is 0.169 e. The van der Waals surface area contributed by atoms with Crippen LogP contribution >= 0.6 is 0 Å². The Morgan fingerprint density at radius 2 is 2.08 bits per heavy atom. The summed E-state index contributed by atoms with van der Waals surface area (Å²) in [5, 5.41) is 8.62. The fraction of sp³-hybridized carbons (Fsp3) is 0.600. The van der Waals surface area contributed by atoms with Gasteiger partial charge in [-0.05, 0) is 18.8 Å². The quantitative estimate of drug-likeness (QED) is 0.476. The summed E-state index contributed by atoms with van der Waals surface area (Å²) < 4.78 is 0. The van der Waals surface area contributed by atoms with Crippen molar-refractivity contribution < 1.29 is 4.79 Å². The summed E-state index contributed by atoms with van der Waals surface area (Å²) >= 11 is 0. The van der Waals surface area contributed by atoms with Crippen molar-refractivity contribution in [3.63, 3.8) is 0 Å². The van der Waals surface area contributed by atoms with Crippen LogP contribution < -0.4 is 0 Å². The minimum absolute atomic E-state index is 0.0588. The first-order valence-electron chi connectivity index (χ1n) is 4.07. The lowest BCUT2D eigenvalue weighted by molar-refractivity contribution is -0.113. The molecule has 0 aliphatic heterocycles. The summed E-state index contributed by atoms with van der Waals surface area (Å²) in [6.45, 7) is 7.47. The van der Waals surface area contributed by atoms with E-state index in [1.165, 1.54) is 6.92 Å². The van der Waals surface area contributed by atoms with Gasteiger partial charge in [-0.25, -0.2) is 0 Å². The molecule has 0 N–H and O–H groups in total. The Bertz CT molecular complexity index is 243. The molecule has 0 saturated heterocycles. The highest BCUT2D eigenvalue weighted by Crippen LogP contribution is 2.23. The second kappa shape index (κ2) is 4.06. The van der Waals surface area contributed by atoms with Gasteiger partial charge < -0.3 is 0 Å². The number of carbonyl (C=O) groups excluding carboxylic acids is 1. The van der Waals surface area contributed by atoms with Crippen LogP contribution in [-0.4, -0.2) is 5.78 Å². The molecule has 0 aromatic heterocycles. The van der Waals surface area contributed by atoms with Gasteiger partial charge in [-0.15, -0.1) is 0 Å². The van der Waals surface area contributed by atoms with Gasteiger partial charge in [0.15, 0.2) is 5.78 Å². The number of ketones is 1. The molecule has 0 heterocycles. The second-order valence-corrected chi connectivity index (χ2v) is 3.57. The summed E-state index contributed by atoms with van der Waals surface area (Å²) in [6, 6.07) is 1.90. The molecule has 0 bridgehead atoms. The molecule has 0 spiro atoms. The maximum absolute atomic E-state index is 10.9. The van der Waals surface area contributed by atoms with Crippen molar-refractivity contribution in [3.8, 4) is 6.07 Å². The van der Waals surface area contributed by atoms with Crippen molar-refractivity contribution in [3.05, 3.63) is 11.6 Å². The maximum atomic E-state index is 10.9. The van der Waals surface area contributed by atoms with E-state index >= 15 is 0 Å². The van der Waals surface area contributed by atoms with Crippen LogP contribution in [0.2, 0.25) is 0 Å². The third kappa shape index (κ3) is 3.34. The molecule has 0 saturated carbocycles. The van der Waals surface area contributed by atoms with Crippen LogP contribution in [0.25, 0.3) is 0 Å². The lowest BCUT2D eigenvalue weighted by atomic mass is 9.87. The summed E-state index contributed by atoms with van der Waals surface area (Å²) in [4.78, 5) is 10.9. The van der Waals surface area contributed by atoms with Crippen molar-refractivity contribution in [2.45, 2.75) is 34.1 Å². The molecular formula is C10H15NO. The lowest BCUT2D eigenvalue weighted by Gasteiger charge is -2.17. The van der Waals surface area contributed by atoms with E-state index in [1.807, 2.05) is 26.8 Å². The van der Waals surface area contributed by atoms with Gasteiger partial charge >= 0.3 is 0 Å². The van der Waals surface area contributed by atoms with Crippen LogP contribution in [0.1, 0.15) is 34.1 Å². The van der Waals surface area contributed by atoms with E-state index in [4.69, 9.17) is 5.26 Å². The van der Waals surface area contributed by atoms with Gasteiger partial charge in [-0.3, -0.25) is 4.79 Å². The second-order valence-electron chi connectivity index (χ2n) is 3.57. The molecule has 0 aliphatic rings. The van der Waals surface area contributed by atoms with E-state index in [1.54, 1.807) is 6.08 Å². The van der Waals surface area contributed by atoms with E-state index < -0.39 is 0 Å². The first-order chi connectivity index (χ1) is 5.43. The Balaban J connectivity index is 4.75. The molecule has 0 amide bonds. The van der Waals surface area contributed by atoms with E-state index in [9.17, 15) is 4.79 Å². The summed E-state index contributed by atoms with van der Waals surface area (Å²) in [7, 11) is 0. The van der Waals surface area contributed by atoms with Crippen molar-refractivity contribution in [2.75, 3.05) is 0 Å². The van der Waals surface area contributed by atoms with Crippen LogP contribution in [0.3, 0.4) is 0 Å². The minimum Gasteiger partial charge on any atom is -0.294 e. The third-order valence-electron chi connectivity index (χ3n) is 1.95. The topological polar surface area (TPSA) is 40.9 Å². The van der Waals surface area contributed by atoms with Gasteiger partial charge in [-0.1, -0.05) is 26.8 Å². The Kier molecular flexibility index (Phi) is 3.69. The normalized spacial score (nSPS) is 12.4. The maximum Gasteiger partial charge on any atom is 0.169 e. The molecule has 0 atom stereocenters. The molecule has 0 rings (SSSR count). The average Bonchev–Trinajstić information content (AvgIpc) is 2.00. The van der Waals surface area contributed by atoms with E-state index in [2.05, 4.69) is 0 Å². The average molecular weight is 165 g/mol. The highest BCUT2D eigenvalue weighted by molar-refractivity contribution is 5.97. The Hall–Kier alpha value is -1.10. The molecule has 12 heavy (non-hydrogen) atoms. The third-order valence-corrected chi connectivity index (χ3v) is 1.95. The van der Waals surface area contributed by atoms with Gasteiger partial charge in [0.1, 0.15) is 6.07 Å². The van der Waals surface area contributed by atoms with Crippen LogP contribution in [0.5, 0.6) is 0 Å². The predicted molar refractivity (Wildman–Crippen MR) is 48.4 cm³/mol. The van der Waals surface area contributed by atoms with Gasteiger partial charge in [-0.2, -0.15) is 5.26 Å². The van der Waals surface area contributed by atoms with Gasteiger partial charge in [0.2, 0.25) is 0 Å². The molecule has 0 radical (unpaired) electrons. The molecule has 0 unspecified atom stereocenters. The van der Waals surface area contributed by atoms with Gasteiger partial charge in [0.05, 0.1) is 5.57 Å². The summed E-state index contributed by atoms with van der Waals surface area (Å²) in [5.41, 5.74) is 0.207. The zero-order valence-corrected chi connectivity index (χ0v) is 8.14. The summed E-state index contributed by atoms with van der Waals surface area (Å²) in [5.74, 6) is -0.154. The molecular weight excluding hydrogens is 150 g/mol. The first kappa shape index (κ1) is 10.9. The molecule has 0 aliphatic carbocycles. The Morgan fingerprint density at radius 1 is 1.58 bits per heavy atom. The number of Topliss-reactive ketones (excluding diaryl/α,β-unsaturated/α-hetero) is 1. The van der Waals surface area contributed by atoms with E-state index in [0.29, 0.717) is 0 Å². The SMILES string of the molecule is CCC(C)(C)/C=C(\C#N)C(C)=O. The Morgan fingerprint density at radius 3 is 2.33 bits per heavy atom. The van der Waals surface area contributed by atoms with Crippen molar-refractivity contribution in [1.29, 1.82) is 5.26 Å². The fourth-order valence-electron chi connectivity index (χ4n) is 0.705. The lowest BCUT2D eigenvalue weighted by Crippen LogP contribution is -2.08. The molecule has 2 heteroatoms. The number of nitriles is 1. The minimum atomic E-state index is -0.154. The van der Waals surface area contributed by atoms with Gasteiger partial charge in [0, 0.05) is 0 Å². The van der Waals surface area contributed by atoms with Crippen molar-refractivity contribution in [2.24, 2.45) is 5.41 Å². The molecule has 66 valence electrons. The monoisotopic (exact) mass is 165 g/mol. The zero-order chi connectivity index (χ0) is 9.78. The van der Waals surface area contributed by atoms with Crippen LogP contribution in [0, 0.1) is 16.7 Å². The standard InChI is InChI=1S/C10H15NO/c1-5-10(3,4)6-9(7-11)8(2)12/h6H,5H2,1-4H3/b9-6+. The number of carbonyl (C=O) groups is 1. The highest BCUT2D eigenvalue weighted by Gasteiger charge is 2.14. The highest BCUT2D eigenvalue weighted by atomic mass is 16.1. The largest absolute Gasteiger partial charge is 0.294 e. The summed E-state index contributed by atoms with van der Waals surface area (Å²) in [6.07, 6.45) is 2.67. The van der Waals surface area contributed by atoms with Crippen LogP contribution in [-0.2, 0) is 4.79 Å². The first-order valence-corrected chi connectivity index (χ1v) is 4.07. The van der Waals surface area contributed by atoms with Crippen LogP contribution in [0.4, 0.5) is 0 Å². The van der Waals surface area contributed by atoms with Gasteiger partial charge in [0.25, 0.3) is 0 Å². The van der Waals surface area contributed by atoms with Crippen molar-refractivity contribution in [1.82, 2.24) is 0 Å². The molecule has 0 aromatic carbocycles. The van der Waals surface area contributed by atoms with E-state index in [0.717, 1.165) is 6.42 Å². The molecule has 2 nitrogen and oxygen atoms in total. The molecule has 0 aromatic rings. The number of rotatable bonds is 3. The number of allylic oxidation sites excluding steroid dienone is 2. The predicted octanol–water partition coefficient (Wildman–Crippen LogP) is 2.46. The number of hydrogen-bond donors (Lipinski definition) is 0. The number of hydrogen-bond acceptors (Lipinski definition) is 2. The number of nitrogens with zero attached hydrogens (tertiary/aromatic N) is 1. The fourth-order valence-corrected chi connectivity index (χ4v) is 0.705. The molecule has 0 fully saturated rings. The Labute approximate surface area is 73.9 Å². The van der Waals surface area contributed by atoms with E-state index in [-0.39, 0.29) is 16.8 Å². The van der Waals surface area contributed by atoms with Crippen LogP contribution in [0.15, 0.2) is 11.6 Å².